The summed E-state index contributed by atoms with van der Waals surface area (Å²) in [6.45, 7) is 3.03. The molecule has 0 amide bonds. The average Bonchev–Trinajstić information content (AvgIpc) is 2.67. The fourth-order valence-corrected chi connectivity index (χ4v) is 2.57. The number of pyridine rings is 1. The van der Waals surface area contributed by atoms with Crippen molar-refractivity contribution in [3.8, 4) is 0 Å². The Bertz CT molecular complexity index is 297. The Morgan fingerprint density at radius 2 is 2.57 bits per heavy atom. The Morgan fingerprint density at radius 3 is 3.29 bits per heavy atom. The standard InChI is InChI=1S/C11H15NOS/c1-9-4-5-12-11(7-9)14-8-10-3-2-6-13-10/h4-5,7,10H,2-3,6,8H2,1H3/t10-/m1/s1. The van der Waals surface area contributed by atoms with E-state index >= 15 is 0 Å². The van der Waals surface area contributed by atoms with Gasteiger partial charge in [0.1, 0.15) is 0 Å². The van der Waals surface area contributed by atoms with Crippen LogP contribution >= 0.6 is 11.8 Å². The second-order valence-electron chi connectivity index (χ2n) is 3.62. The zero-order valence-corrected chi connectivity index (χ0v) is 9.22. The largest absolute Gasteiger partial charge is 0.377 e. The van der Waals surface area contributed by atoms with Crippen molar-refractivity contribution in [2.24, 2.45) is 0 Å². The van der Waals surface area contributed by atoms with Crippen molar-refractivity contribution in [2.75, 3.05) is 12.4 Å². The Balaban J connectivity index is 1.85. The molecule has 0 saturated carbocycles. The third-order valence-corrected chi connectivity index (χ3v) is 3.39. The fraction of sp³-hybridized carbons (Fsp3) is 0.545. The van der Waals surface area contributed by atoms with Crippen molar-refractivity contribution in [3.63, 3.8) is 0 Å². The van der Waals surface area contributed by atoms with Crippen LogP contribution in [0.25, 0.3) is 0 Å². The molecule has 2 heterocycles. The Morgan fingerprint density at radius 1 is 1.64 bits per heavy atom. The van der Waals surface area contributed by atoms with Crippen LogP contribution in [0, 0.1) is 6.92 Å². The van der Waals surface area contributed by atoms with Crippen LogP contribution in [0.3, 0.4) is 0 Å². The van der Waals surface area contributed by atoms with Crippen LogP contribution in [0.15, 0.2) is 23.4 Å². The molecule has 0 aliphatic carbocycles. The summed E-state index contributed by atoms with van der Waals surface area (Å²) in [6, 6.07) is 4.15. The molecule has 14 heavy (non-hydrogen) atoms. The highest BCUT2D eigenvalue weighted by Gasteiger charge is 2.15. The third-order valence-electron chi connectivity index (χ3n) is 2.33. The van der Waals surface area contributed by atoms with Crippen LogP contribution in [0.4, 0.5) is 0 Å². The van der Waals surface area contributed by atoms with Crippen LogP contribution in [0.1, 0.15) is 18.4 Å². The van der Waals surface area contributed by atoms with Crippen LogP contribution < -0.4 is 0 Å². The van der Waals surface area contributed by atoms with Gasteiger partial charge in [-0.1, -0.05) is 0 Å². The van der Waals surface area contributed by atoms with Crippen molar-refractivity contribution in [2.45, 2.75) is 30.9 Å². The molecule has 1 aromatic rings. The van der Waals surface area contributed by atoms with Gasteiger partial charge in [0.15, 0.2) is 0 Å². The SMILES string of the molecule is Cc1ccnc(SC[C@H]2CCCO2)c1. The van der Waals surface area contributed by atoms with Crippen LogP contribution in [0.2, 0.25) is 0 Å². The van der Waals surface area contributed by atoms with Gasteiger partial charge in [0.05, 0.1) is 11.1 Å². The maximum Gasteiger partial charge on any atom is 0.0963 e. The number of rotatable bonds is 3. The highest BCUT2D eigenvalue weighted by Crippen LogP contribution is 2.22. The lowest BCUT2D eigenvalue weighted by Gasteiger charge is -2.07. The highest BCUT2D eigenvalue weighted by atomic mass is 32.2. The van der Waals surface area contributed by atoms with Crippen molar-refractivity contribution < 1.29 is 4.74 Å². The van der Waals surface area contributed by atoms with Crippen LogP contribution in [-0.2, 0) is 4.74 Å². The topological polar surface area (TPSA) is 22.1 Å². The van der Waals surface area contributed by atoms with Gasteiger partial charge in [-0.15, -0.1) is 11.8 Å². The van der Waals surface area contributed by atoms with Gasteiger partial charge in [0, 0.05) is 18.6 Å². The molecular formula is C11H15NOS. The Hall–Kier alpha value is -0.540. The summed E-state index contributed by atoms with van der Waals surface area (Å²) in [6.07, 6.45) is 4.74. The summed E-state index contributed by atoms with van der Waals surface area (Å²) in [5.41, 5.74) is 1.27. The molecule has 3 heteroatoms. The van der Waals surface area contributed by atoms with Gasteiger partial charge in [-0.05, 0) is 37.5 Å². The zero-order chi connectivity index (χ0) is 9.80. The van der Waals surface area contributed by atoms with E-state index in [1.54, 1.807) is 11.8 Å². The van der Waals surface area contributed by atoms with Gasteiger partial charge in [0.2, 0.25) is 0 Å². The number of nitrogens with zero attached hydrogens (tertiary/aromatic N) is 1. The molecule has 76 valence electrons. The normalized spacial score (nSPS) is 21.4. The summed E-state index contributed by atoms with van der Waals surface area (Å²) < 4.78 is 5.56. The van der Waals surface area contributed by atoms with E-state index in [2.05, 4.69) is 18.0 Å². The van der Waals surface area contributed by atoms with E-state index in [0.29, 0.717) is 6.10 Å². The quantitative estimate of drug-likeness (QED) is 0.714. The molecule has 1 aromatic heterocycles. The smallest absolute Gasteiger partial charge is 0.0963 e. The van der Waals surface area contributed by atoms with E-state index in [4.69, 9.17) is 4.74 Å². The molecule has 0 radical (unpaired) electrons. The first-order valence-electron chi connectivity index (χ1n) is 5.01. The van der Waals surface area contributed by atoms with Gasteiger partial charge >= 0.3 is 0 Å². The second kappa shape index (κ2) is 4.80. The molecule has 1 atom stereocenters. The summed E-state index contributed by atoms with van der Waals surface area (Å²) in [4.78, 5) is 4.31. The van der Waals surface area contributed by atoms with Crippen molar-refractivity contribution in [3.05, 3.63) is 23.9 Å². The molecule has 2 nitrogen and oxygen atoms in total. The first kappa shape index (κ1) is 9.99. The molecule has 1 fully saturated rings. The van der Waals surface area contributed by atoms with E-state index in [-0.39, 0.29) is 0 Å². The summed E-state index contributed by atoms with van der Waals surface area (Å²) in [5, 5.41) is 1.11. The number of aryl methyl sites for hydroxylation is 1. The molecular weight excluding hydrogens is 194 g/mol. The van der Waals surface area contributed by atoms with Crippen LogP contribution in [-0.4, -0.2) is 23.4 Å². The molecule has 1 saturated heterocycles. The Labute approximate surface area is 89.1 Å². The number of hydrogen-bond donors (Lipinski definition) is 0. The van der Waals surface area contributed by atoms with Crippen molar-refractivity contribution in [1.29, 1.82) is 0 Å². The zero-order valence-electron chi connectivity index (χ0n) is 8.40. The minimum atomic E-state index is 0.447. The number of hydrogen-bond acceptors (Lipinski definition) is 3. The summed E-state index contributed by atoms with van der Waals surface area (Å²) >= 11 is 1.80. The molecule has 1 aliphatic heterocycles. The molecule has 0 aromatic carbocycles. The van der Waals surface area contributed by atoms with Gasteiger partial charge < -0.3 is 4.74 Å². The summed E-state index contributed by atoms with van der Waals surface area (Å²) in [5.74, 6) is 1.04. The third kappa shape index (κ3) is 2.72. The van der Waals surface area contributed by atoms with E-state index in [1.165, 1.54) is 18.4 Å². The van der Waals surface area contributed by atoms with E-state index in [1.807, 2.05) is 12.3 Å². The van der Waals surface area contributed by atoms with Gasteiger partial charge in [-0.2, -0.15) is 0 Å². The molecule has 0 N–H and O–H groups in total. The molecule has 2 rings (SSSR count). The maximum absolute atomic E-state index is 5.56. The molecule has 0 spiro atoms. The van der Waals surface area contributed by atoms with Gasteiger partial charge in [-0.25, -0.2) is 4.98 Å². The van der Waals surface area contributed by atoms with E-state index in [0.717, 1.165) is 17.4 Å². The number of thioether (sulfide) groups is 1. The lowest BCUT2D eigenvalue weighted by Crippen LogP contribution is -2.07. The van der Waals surface area contributed by atoms with Crippen LogP contribution in [0.5, 0.6) is 0 Å². The minimum absolute atomic E-state index is 0.447. The maximum atomic E-state index is 5.56. The number of ether oxygens (including phenoxy) is 1. The van der Waals surface area contributed by atoms with E-state index < -0.39 is 0 Å². The first-order valence-corrected chi connectivity index (χ1v) is 6.00. The molecule has 0 unspecified atom stereocenters. The van der Waals surface area contributed by atoms with Crippen molar-refractivity contribution in [1.82, 2.24) is 4.98 Å². The average molecular weight is 209 g/mol. The lowest BCUT2D eigenvalue weighted by molar-refractivity contribution is 0.129. The summed E-state index contributed by atoms with van der Waals surface area (Å²) in [7, 11) is 0. The first-order chi connectivity index (χ1) is 6.84. The van der Waals surface area contributed by atoms with Gasteiger partial charge in [0.25, 0.3) is 0 Å². The van der Waals surface area contributed by atoms with Gasteiger partial charge in [-0.3, -0.25) is 0 Å². The van der Waals surface area contributed by atoms with Crippen molar-refractivity contribution >= 4 is 11.8 Å². The molecule has 0 bridgehead atoms. The molecule has 1 aliphatic rings. The monoisotopic (exact) mass is 209 g/mol. The highest BCUT2D eigenvalue weighted by molar-refractivity contribution is 7.99. The Kier molecular flexibility index (Phi) is 3.43. The minimum Gasteiger partial charge on any atom is -0.377 e. The number of aromatic nitrogens is 1. The van der Waals surface area contributed by atoms with E-state index in [9.17, 15) is 0 Å². The predicted molar refractivity (Wildman–Crippen MR) is 58.7 cm³/mol. The lowest BCUT2D eigenvalue weighted by atomic mass is 10.3. The fourth-order valence-electron chi connectivity index (χ4n) is 1.54. The second-order valence-corrected chi connectivity index (χ2v) is 4.66. The predicted octanol–water partition coefficient (Wildman–Crippen LogP) is 2.66.